The summed E-state index contributed by atoms with van der Waals surface area (Å²) in [4.78, 5) is 20.2. The van der Waals surface area contributed by atoms with Crippen molar-refractivity contribution >= 4 is 17.7 Å². The van der Waals surface area contributed by atoms with Crippen molar-refractivity contribution in [1.82, 2.24) is 9.97 Å². The molecule has 1 N–H and O–H groups in total. The predicted molar refractivity (Wildman–Crippen MR) is 110 cm³/mol. The van der Waals surface area contributed by atoms with Gasteiger partial charge in [0.05, 0.1) is 12.8 Å². The van der Waals surface area contributed by atoms with Crippen LogP contribution in [0.15, 0.2) is 67.1 Å². The van der Waals surface area contributed by atoms with Crippen LogP contribution >= 0.6 is 0 Å². The van der Waals surface area contributed by atoms with Gasteiger partial charge in [0, 0.05) is 30.2 Å². The number of carbonyl (C=O) groups excluding carboxylic acids is 1. The number of nitrogens with zero attached hydrogens (tertiary/aromatic N) is 2. The molecule has 0 saturated heterocycles. The van der Waals surface area contributed by atoms with Crippen molar-refractivity contribution in [2.75, 3.05) is 11.9 Å². The quantitative estimate of drug-likeness (QED) is 0.488. The van der Waals surface area contributed by atoms with E-state index in [2.05, 4.69) is 20.0 Å². The molecule has 0 spiro atoms. The van der Waals surface area contributed by atoms with Crippen LogP contribution in [0.3, 0.4) is 0 Å². The molecule has 0 atom stereocenters. The molecule has 0 radical (unpaired) electrons. The number of rotatable bonds is 9. The molecular weight excluding hydrogens is 408 g/mol. The number of halogens is 2. The molecule has 0 aliphatic carbocycles. The Bertz CT molecular complexity index is 1050. The minimum atomic E-state index is -2.96. The summed E-state index contributed by atoms with van der Waals surface area (Å²) in [6.07, 6.45) is 7.36. The van der Waals surface area contributed by atoms with Crippen LogP contribution in [0.1, 0.15) is 12.5 Å². The maximum absolute atomic E-state index is 12.5. The van der Waals surface area contributed by atoms with Crippen molar-refractivity contribution in [3.8, 4) is 23.1 Å². The SMILES string of the molecule is CCOc1cc(/C=C/C(=O)Nc2cccc(Oc3cnccn3)c2)ccc1OC(F)F. The molecule has 3 rings (SSSR count). The highest BCUT2D eigenvalue weighted by Crippen LogP contribution is 2.30. The zero-order valence-corrected chi connectivity index (χ0v) is 16.5. The highest BCUT2D eigenvalue weighted by atomic mass is 19.3. The molecule has 0 bridgehead atoms. The van der Waals surface area contributed by atoms with Crippen molar-refractivity contribution in [3.05, 3.63) is 72.7 Å². The van der Waals surface area contributed by atoms with Crippen LogP contribution in [0.2, 0.25) is 0 Å². The van der Waals surface area contributed by atoms with Crippen LogP contribution in [-0.2, 0) is 4.79 Å². The molecule has 31 heavy (non-hydrogen) atoms. The average Bonchev–Trinajstić information content (AvgIpc) is 2.75. The van der Waals surface area contributed by atoms with E-state index in [1.54, 1.807) is 37.3 Å². The van der Waals surface area contributed by atoms with E-state index >= 15 is 0 Å². The third kappa shape index (κ3) is 6.77. The first-order valence-corrected chi connectivity index (χ1v) is 9.28. The van der Waals surface area contributed by atoms with E-state index in [0.29, 0.717) is 22.9 Å². The van der Waals surface area contributed by atoms with Gasteiger partial charge in [-0.2, -0.15) is 8.78 Å². The molecule has 0 aliphatic rings. The molecule has 0 fully saturated rings. The first-order chi connectivity index (χ1) is 15.0. The summed E-state index contributed by atoms with van der Waals surface area (Å²) in [7, 11) is 0. The predicted octanol–water partition coefficient (Wildman–Crippen LogP) is 4.92. The van der Waals surface area contributed by atoms with Crippen LogP contribution in [0.25, 0.3) is 6.08 Å². The Morgan fingerprint density at radius 2 is 2.03 bits per heavy atom. The Balaban J connectivity index is 1.65. The van der Waals surface area contributed by atoms with Crippen molar-refractivity contribution in [2.24, 2.45) is 0 Å². The molecule has 0 saturated carbocycles. The van der Waals surface area contributed by atoms with Crippen LogP contribution in [0.5, 0.6) is 23.1 Å². The van der Waals surface area contributed by atoms with Gasteiger partial charge in [0.2, 0.25) is 11.8 Å². The number of carbonyl (C=O) groups is 1. The highest BCUT2D eigenvalue weighted by molar-refractivity contribution is 6.02. The summed E-state index contributed by atoms with van der Waals surface area (Å²) in [5.74, 6) is 0.522. The molecule has 1 aromatic heterocycles. The van der Waals surface area contributed by atoms with E-state index in [-0.39, 0.29) is 24.0 Å². The number of hydrogen-bond acceptors (Lipinski definition) is 6. The van der Waals surface area contributed by atoms with Crippen molar-refractivity contribution in [2.45, 2.75) is 13.5 Å². The Hall–Kier alpha value is -4.01. The van der Waals surface area contributed by atoms with Gasteiger partial charge in [0.25, 0.3) is 0 Å². The lowest BCUT2D eigenvalue weighted by Crippen LogP contribution is -2.07. The first kappa shape index (κ1) is 21.7. The number of benzene rings is 2. The summed E-state index contributed by atoms with van der Waals surface area (Å²) in [5.41, 5.74) is 1.10. The van der Waals surface area contributed by atoms with Crippen molar-refractivity contribution in [3.63, 3.8) is 0 Å². The zero-order valence-electron chi connectivity index (χ0n) is 16.5. The molecule has 3 aromatic rings. The molecule has 0 aliphatic heterocycles. The molecule has 9 heteroatoms. The van der Waals surface area contributed by atoms with Gasteiger partial charge in [-0.05, 0) is 42.8 Å². The number of aromatic nitrogens is 2. The Kier molecular flexibility index (Phi) is 7.47. The Morgan fingerprint density at radius 3 is 2.77 bits per heavy atom. The molecule has 7 nitrogen and oxygen atoms in total. The second-order valence-electron chi connectivity index (χ2n) is 6.01. The normalized spacial score (nSPS) is 10.8. The minimum Gasteiger partial charge on any atom is -0.490 e. The molecule has 1 heterocycles. The summed E-state index contributed by atoms with van der Waals surface area (Å²) in [5, 5.41) is 2.72. The smallest absolute Gasteiger partial charge is 0.387 e. The highest BCUT2D eigenvalue weighted by Gasteiger charge is 2.11. The number of anilines is 1. The van der Waals surface area contributed by atoms with Crippen molar-refractivity contribution in [1.29, 1.82) is 0 Å². The summed E-state index contributed by atoms with van der Waals surface area (Å²) >= 11 is 0. The maximum Gasteiger partial charge on any atom is 0.387 e. The monoisotopic (exact) mass is 427 g/mol. The average molecular weight is 427 g/mol. The van der Waals surface area contributed by atoms with Gasteiger partial charge < -0.3 is 19.5 Å². The lowest BCUT2D eigenvalue weighted by Gasteiger charge is -2.11. The van der Waals surface area contributed by atoms with Gasteiger partial charge in [0.1, 0.15) is 5.75 Å². The third-order valence-corrected chi connectivity index (χ3v) is 3.77. The minimum absolute atomic E-state index is 0.0710. The van der Waals surface area contributed by atoms with Gasteiger partial charge in [-0.25, -0.2) is 4.98 Å². The number of ether oxygens (including phenoxy) is 3. The molecular formula is C22H19F2N3O4. The fraction of sp³-hybridized carbons (Fsp3) is 0.136. The fourth-order valence-corrected chi connectivity index (χ4v) is 2.54. The lowest BCUT2D eigenvalue weighted by molar-refractivity contribution is -0.111. The molecule has 1 amide bonds. The van der Waals surface area contributed by atoms with Gasteiger partial charge in [-0.1, -0.05) is 12.1 Å². The molecule has 0 unspecified atom stereocenters. The number of nitrogens with one attached hydrogen (secondary N) is 1. The van der Waals surface area contributed by atoms with E-state index in [0.717, 1.165) is 0 Å². The second-order valence-corrected chi connectivity index (χ2v) is 6.01. The van der Waals surface area contributed by atoms with E-state index in [1.165, 1.54) is 42.9 Å². The van der Waals surface area contributed by atoms with Crippen molar-refractivity contribution < 1.29 is 27.8 Å². The first-order valence-electron chi connectivity index (χ1n) is 9.28. The summed E-state index contributed by atoms with van der Waals surface area (Å²) < 4.78 is 40.3. The van der Waals surface area contributed by atoms with Crippen LogP contribution in [0.4, 0.5) is 14.5 Å². The van der Waals surface area contributed by atoms with E-state index < -0.39 is 6.61 Å². The topological polar surface area (TPSA) is 82.6 Å². The van der Waals surface area contributed by atoms with Gasteiger partial charge in [-0.15, -0.1) is 0 Å². The fourth-order valence-electron chi connectivity index (χ4n) is 2.54. The van der Waals surface area contributed by atoms with E-state index in [4.69, 9.17) is 9.47 Å². The van der Waals surface area contributed by atoms with Gasteiger partial charge >= 0.3 is 6.61 Å². The van der Waals surface area contributed by atoms with Crippen LogP contribution < -0.4 is 19.5 Å². The lowest BCUT2D eigenvalue weighted by atomic mass is 10.2. The number of alkyl halides is 2. The summed E-state index contributed by atoms with van der Waals surface area (Å²) in [6, 6.07) is 11.2. The summed E-state index contributed by atoms with van der Waals surface area (Å²) in [6.45, 7) is -0.954. The van der Waals surface area contributed by atoms with Gasteiger partial charge in [0.15, 0.2) is 11.5 Å². The Labute approximate surface area is 177 Å². The molecule has 2 aromatic carbocycles. The van der Waals surface area contributed by atoms with E-state index in [9.17, 15) is 13.6 Å². The number of amides is 1. The third-order valence-electron chi connectivity index (χ3n) is 3.77. The van der Waals surface area contributed by atoms with Crippen LogP contribution in [-0.4, -0.2) is 29.1 Å². The van der Waals surface area contributed by atoms with Crippen LogP contribution in [0, 0.1) is 0 Å². The Morgan fingerprint density at radius 1 is 1.16 bits per heavy atom. The van der Waals surface area contributed by atoms with E-state index in [1.807, 2.05) is 0 Å². The largest absolute Gasteiger partial charge is 0.490 e. The standard InChI is InChI=1S/C22H19F2N3O4/c1-2-29-19-12-15(6-8-18(19)31-22(23)24)7-9-20(28)27-16-4-3-5-17(13-16)30-21-14-25-10-11-26-21/h3-14,22H,2H2,1H3,(H,27,28)/b9-7+. The second kappa shape index (κ2) is 10.7. The number of hydrogen-bond donors (Lipinski definition) is 1. The zero-order chi connectivity index (χ0) is 22.1. The maximum atomic E-state index is 12.5. The molecule has 160 valence electrons. The van der Waals surface area contributed by atoms with Gasteiger partial charge in [-0.3, -0.25) is 9.78 Å².